The van der Waals surface area contributed by atoms with Crippen LogP contribution in [0.4, 0.5) is 5.69 Å². The van der Waals surface area contributed by atoms with Gasteiger partial charge < -0.3 is 19.7 Å². The minimum atomic E-state index is -3.88. The molecule has 0 saturated heterocycles. The van der Waals surface area contributed by atoms with Crippen molar-refractivity contribution in [1.29, 1.82) is 0 Å². The summed E-state index contributed by atoms with van der Waals surface area (Å²) in [6.07, 6.45) is 2.76. The van der Waals surface area contributed by atoms with Gasteiger partial charge in [-0.05, 0) is 43.2 Å². The Balaban J connectivity index is 2.41. The molecule has 0 spiro atoms. The number of carbonyl (C=O) groups excluding carboxylic acids is 2. The van der Waals surface area contributed by atoms with Crippen molar-refractivity contribution in [2.24, 2.45) is 0 Å². The van der Waals surface area contributed by atoms with E-state index in [2.05, 4.69) is 21.2 Å². The van der Waals surface area contributed by atoms with E-state index in [4.69, 9.17) is 9.47 Å². The fourth-order valence-electron chi connectivity index (χ4n) is 3.49. The van der Waals surface area contributed by atoms with Gasteiger partial charge in [0.15, 0.2) is 0 Å². The third-order valence-electron chi connectivity index (χ3n) is 5.60. The molecule has 1 atom stereocenters. The Labute approximate surface area is 221 Å². The first-order chi connectivity index (χ1) is 17.0. The summed E-state index contributed by atoms with van der Waals surface area (Å²) in [7, 11) is -0.991. The molecule has 0 aromatic heterocycles. The summed E-state index contributed by atoms with van der Waals surface area (Å²) in [6, 6.07) is 11.2. The van der Waals surface area contributed by atoms with E-state index < -0.39 is 28.5 Å². The van der Waals surface area contributed by atoms with Crippen molar-refractivity contribution in [2.45, 2.75) is 39.3 Å². The molecule has 0 aliphatic heterocycles. The van der Waals surface area contributed by atoms with E-state index in [1.165, 1.54) is 25.2 Å². The predicted molar refractivity (Wildman–Crippen MR) is 144 cm³/mol. The largest absolute Gasteiger partial charge is 0.497 e. The Morgan fingerprint density at radius 2 is 1.75 bits per heavy atom. The van der Waals surface area contributed by atoms with Gasteiger partial charge in [0, 0.05) is 23.6 Å². The van der Waals surface area contributed by atoms with E-state index in [1.807, 2.05) is 31.2 Å². The quantitative estimate of drug-likeness (QED) is 0.361. The van der Waals surface area contributed by atoms with Gasteiger partial charge in [-0.1, -0.05) is 41.4 Å². The molecule has 198 valence electrons. The zero-order chi connectivity index (χ0) is 26.9. The van der Waals surface area contributed by atoms with Gasteiger partial charge in [-0.2, -0.15) is 0 Å². The van der Waals surface area contributed by atoms with Gasteiger partial charge in [0.05, 0.1) is 26.2 Å². The van der Waals surface area contributed by atoms with Crippen molar-refractivity contribution >= 4 is 43.5 Å². The number of benzene rings is 2. The minimum Gasteiger partial charge on any atom is -0.497 e. The summed E-state index contributed by atoms with van der Waals surface area (Å²) >= 11 is 3.39. The highest BCUT2D eigenvalue weighted by atomic mass is 79.9. The van der Waals surface area contributed by atoms with Crippen molar-refractivity contribution in [2.75, 3.05) is 37.9 Å². The summed E-state index contributed by atoms with van der Waals surface area (Å²) in [4.78, 5) is 27.8. The Hall–Kier alpha value is -2.79. The molecular weight excluding hydrogens is 550 g/mol. The van der Waals surface area contributed by atoms with E-state index in [0.29, 0.717) is 12.3 Å². The fourth-order valence-corrected chi connectivity index (χ4v) is 4.61. The normalized spacial score (nSPS) is 11.9. The number of methoxy groups -OCH3 is 2. The van der Waals surface area contributed by atoms with E-state index in [0.717, 1.165) is 33.4 Å². The van der Waals surface area contributed by atoms with Crippen LogP contribution in [0.25, 0.3) is 0 Å². The van der Waals surface area contributed by atoms with Crippen LogP contribution in [-0.2, 0) is 26.2 Å². The van der Waals surface area contributed by atoms with Gasteiger partial charge in [-0.3, -0.25) is 13.9 Å². The molecule has 1 unspecified atom stereocenters. The molecule has 0 heterocycles. The molecule has 0 aliphatic carbocycles. The number of carbonyl (C=O) groups is 2. The zero-order valence-corrected chi connectivity index (χ0v) is 23.7. The smallest absolute Gasteiger partial charge is 0.244 e. The van der Waals surface area contributed by atoms with Crippen LogP contribution in [-0.4, -0.2) is 64.7 Å². The molecule has 1 N–H and O–H groups in total. The number of unbranched alkanes of at least 4 members (excludes halogenated alkanes) is 1. The number of rotatable bonds is 13. The zero-order valence-electron chi connectivity index (χ0n) is 21.3. The molecule has 2 rings (SSSR count). The Morgan fingerprint density at radius 1 is 1.08 bits per heavy atom. The summed E-state index contributed by atoms with van der Waals surface area (Å²) in [5.74, 6) is -0.122. The highest BCUT2D eigenvalue weighted by Gasteiger charge is 2.31. The molecule has 2 aromatic rings. The minimum absolute atomic E-state index is 0.131. The van der Waals surface area contributed by atoms with Crippen molar-refractivity contribution in [1.82, 2.24) is 10.2 Å². The molecule has 2 aromatic carbocycles. The third kappa shape index (κ3) is 8.12. The first-order valence-corrected chi connectivity index (χ1v) is 14.2. The van der Waals surface area contributed by atoms with E-state index in [1.54, 1.807) is 19.1 Å². The average Bonchev–Trinajstić information content (AvgIpc) is 2.85. The number of nitrogens with zero attached hydrogens (tertiary/aromatic N) is 2. The van der Waals surface area contributed by atoms with Gasteiger partial charge in [0.2, 0.25) is 21.8 Å². The molecule has 0 saturated carbocycles. The lowest BCUT2D eigenvalue weighted by Gasteiger charge is -2.32. The van der Waals surface area contributed by atoms with Gasteiger partial charge in [-0.15, -0.1) is 0 Å². The SMILES string of the molecule is CCCCNC(=O)C(C)N(Cc1ccc(Br)cc1)C(=O)CN(c1ccc(OC)cc1OC)S(C)(=O)=O. The summed E-state index contributed by atoms with van der Waals surface area (Å²) < 4.78 is 38.0. The molecule has 0 aliphatic rings. The average molecular weight is 585 g/mol. The van der Waals surface area contributed by atoms with Crippen molar-refractivity contribution in [3.63, 3.8) is 0 Å². The maximum Gasteiger partial charge on any atom is 0.244 e. The van der Waals surface area contributed by atoms with Crippen LogP contribution < -0.4 is 19.1 Å². The second-order valence-corrected chi connectivity index (χ2v) is 11.1. The molecule has 0 fully saturated rings. The van der Waals surface area contributed by atoms with Crippen LogP contribution in [0.15, 0.2) is 46.9 Å². The van der Waals surface area contributed by atoms with E-state index in [-0.39, 0.29) is 23.9 Å². The van der Waals surface area contributed by atoms with E-state index in [9.17, 15) is 18.0 Å². The molecule has 0 radical (unpaired) electrons. The summed E-state index contributed by atoms with van der Waals surface area (Å²) in [5, 5.41) is 2.85. The molecular formula is C25H34BrN3O6S. The predicted octanol–water partition coefficient (Wildman–Crippen LogP) is 3.57. The maximum absolute atomic E-state index is 13.6. The summed E-state index contributed by atoms with van der Waals surface area (Å²) in [6.45, 7) is 3.78. The van der Waals surface area contributed by atoms with Crippen LogP contribution in [0.3, 0.4) is 0 Å². The first-order valence-electron chi connectivity index (χ1n) is 11.5. The highest BCUT2D eigenvalue weighted by Crippen LogP contribution is 2.33. The number of hydrogen-bond acceptors (Lipinski definition) is 6. The fraction of sp³-hybridized carbons (Fsp3) is 0.440. The van der Waals surface area contributed by atoms with Crippen LogP contribution >= 0.6 is 15.9 Å². The lowest BCUT2D eigenvalue weighted by molar-refractivity contribution is -0.139. The molecule has 0 bridgehead atoms. The number of anilines is 1. The Kier molecular flexibility index (Phi) is 11.0. The van der Waals surface area contributed by atoms with E-state index >= 15 is 0 Å². The van der Waals surface area contributed by atoms with Crippen LogP contribution in [0.2, 0.25) is 0 Å². The van der Waals surface area contributed by atoms with Gasteiger partial charge in [0.1, 0.15) is 24.1 Å². The number of ether oxygens (including phenoxy) is 2. The molecule has 2 amide bonds. The van der Waals surface area contributed by atoms with Crippen molar-refractivity contribution in [3.8, 4) is 11.5 Å². The second-order valence-electron chi connectivity index (χ2n) is 8.28. The summed E-state index contributed by atoms with van der Waals surface area (Å²) in [5.41, 5.74) is 0.991. The van der Waals surface area contributed by atoms with Crippen molar-refractivity contribution in [3.05, 3.63) is 52.5 Å². The maximum atomic E-state index is 13.6. The van der Waals surface area contributed by atoms with Gasteiger partial charge >= 0.3 is 0 Å². The monoisotopic (exact) mass is 583 g/mol. The van der Waals surface area contributed by atoms with Gasteiger partial charge in [-0.25, -0.2) is 8.42 Å². The van der Waals surface area contributed by atoms with Gasteiger partial charge in [0.25, 0.3) is 0 Å². The topological polar surface area (TPSA) is 105 Å². The number of sulfonamides is 1. The Bertz CT molecular complexity index is 1140. The highest BCUT2D eigenvalue weighted by molar-refractivity contribution is 9.10. The molecule has 36 heavy (non-hydrogen) atoms. The lowest BCUT2D eigenvalue weighted by atomic mass is 10.1. The molecule has 11 heteroatoms. The molecule has 9 nitrogen and oxygen atoms in total. The van der Waals surface area contributed by atoms with Crippen LogP contribution in [0, 0.1) is 0 Å². The second kappa shape index (κ2) is 13.5. The standard InChI is InChI=1S/C25H34BrN3O6S/c1-6-7-14-27-25(31)18(2)28(16-19-8-10-20(26)11-9-19)24(30)17-29(36(5,32)33)22-13-12-21(34-3)15-23(22)35-4/h8-13,15,18H,6-7,14,16-17H2,1-5H3,(H,27,31). The number of nitrogens with one attached hydrogen (secondary N) is 1. The third-order valence-corrected chi connectivity index (χ3v) is 7.25. The number of halogens is 1. The van der Waals surface area contributed by atoms with Crippen LogP contribution in [0.1, 0.15) is 32.3 Å². The number of hydrogen-bond donors (Lipinski definition) is 1. The number of amides is 2. The first kappa shape index (κ1) is 29.4. The Morgan fingerprint density at radius 3 is 2.31 bits per heavy atom. The lowest BCUT2D eigenvalue weighted by Crippen LogP contribution is -2.51. The van der Waals surface area contributed by atoms with Crippen LogP contribution in [0.5, 0.6) is 11.5 Å². The van der Waals surface area contributed by atoms with Crippen molar-refractivity contribution < 1.29 is 27.5 Å².